The lowest BCUT2D eigenvalue weighted by molar-refractivity contribution is -0.00000643. The number of benzene rings is 3. The molecule has 0 spiro atoms. The van der Waals surface area contributed by atoms with Crippen molar-refractivity contribution in [2.24, 2.45) is 0 Å². The van der Waals surface area contributed by atoms with Gasteiger partial charge in [-0.15, -0.1) is 5.10 Å². The van der Waals surface area contributed by atoms with Crippen molar-refractivity contribution in [1.29, 1.82) is 0 Å². The standard InChI is InChI=1S/C22H23N5OS.ClH/c1-2-28-21-13-12-17-8-6-7-11-19(17)20(21)16-23-14-15-29-22-24-25-26-27(22)18-9-4-3-5-10-18;/h3-13,23H,2,14-16H2,1H3;1H/p-1. The highest BCUT2D eigenvalue weighted by Gasteiger charge is 2.10. The Bertz CT molecular complexity index is 1070. The van der Waals surface area contributed by atoms with Gasteiger partial charge in [0, 0.05) is 24.4 Å². The average molecular weight is 441 g/mol. The van der Waals surface area contributed by atoms with E-state index in [-0.39, 0.29) is 12.4 Å². The summed E-state index contributed by atoms with van der Waals surface area (Å²) in [6.45, 7) is 4.26. The number of hydrogen-bond donors (Lipinski definition) is 1. The van der Waals surface area contributed by atoms with E-state index < -0.39 is 0 Å². The number of tetrazole rings is 1. The molecular formula is C22H23ClN5OS-. The molecule has 3 aromatic carbocycles. The zero-order valence-corrected chi connectivity index (χ0v) is 18.2. The molecule has 1 N–H and O–H groups in total. The molecule has 0 fully saturated rings. The van der Waals surface area contributed by atoms with Gasteiger partial charge in [0.05, 0.1) is 12.3 Å². The van der Waals surface area contributed by atoms with Crippen molar-refractivity contribution < 1.29 is 17.1 Å². The van der Waals surface area contributed by atoms with Crippen LogP contribution in [0.25, 0.3) is 16.5 Å². The predicted molar refractivity (Wildman–Crippen MR) is 117 cm³/mol. The maximum atomic E-state index is 5.85. The zero-order valence-electron chi connectivity index (χ0n) is 16.7. The molecule has 0 bridgehead atoms. The van der Waals surface area contributed by atoms with E-state index in [1.165, 1.54) is 16.3 Å². The summed E-state index contributed by atoms with van der Waals surface area (Å²) in [5.41, 5.74) is 2.16. The van der Waals surface area contributed by atoms with Gasteiger partial charge in [0.1, 0.15) is 5.75 Å². The van der Waals surface area contributed by atoms with Crippen LogP contribution in [0.1, 0.15) is 12.5 Å². The first-order valence-electron chi connectivity index (χ1n) is 9.67. The molecule has 1 aromatic heterocycles. The number of halogens is 1. The molecule has 0 saturated carbocycles. The average Bonchev–Trinajstić information content (AvgIpc) is 3.24. The molecule has 0 radical (unpaired) electrons. The minimum Gasteiger partial charge on any atom is -1.00 e. The van der Waals surface area contributed by atoms with Crippen LogP contribution in [0.15, 0.2) is 71.9 Å². The second-order valence-corrected chi connectivity index (χ2v) is 7.49. The van der Waals surface area contributed by atoms with Crippen LogP contribution >= 0.6 is 11.8 Å². The van der Waals surface area contributed by atoms with E-state index in [1.807, 2.05) is 37.3 Å². The molecule has 1 heterocycles. The normalized spacial score (nSPS) is 10.7. The van der Waals surface area contributed by atoms with Crippen LogP contribution in [-0.2, 0) is 6.54 Å². The highest BCUT2D eigenvalue weighted by molar-refractivity contribution is 7.99. The third-order valence-electron chi connectivity index (χ3n) is 4.55. The number of nitrogens with zero attached hydrogens (tertiary/aromatic N) is 4. The van der Waals surface area contributed by atoms with Crippen LogP contribution in [0.3, 0.4) is 0 Å². The summed E-state index contributed by atoms with van der Waals surface area (Å²) in [6, 6.07) is 22.5. The third-order valence-corrected chi connectivity index (χ3v) is 5.47. The van der Waals surface area contributed by atoms with Crippen LogP contribution in [0, 0.1) is 0 Å². The van der Waals surface area contributed by atoms with Crippen LogP contribution < -0.4 is 22.5 Å². The molecule has 0 saturated heterocycles. The minimum absolute atomic E-state index is 0. The van der Waals surface area contributed by atoms with Crippen molar-refractivity contribution in [1.82, 2.24) is 25.5 Å². The zero-order chi connectivity index (χ0) is 19.9. The molecule has 0 atom stereocenters. The van der Waals surface area contributed by atoms with Crippen molar-refractivity contribution in [3.63, 3.8) is 0 Å². The number of fused-ring (bicyclic) bond motifs is 1. The Morgan fingerprint density at radius 2 is 1.80 bits per heavy atom. The van der Waals surface area contributed by atoms with Crippen LogP contribution in [0.4, 0.5) is 0 Å². The van der Waals surface area contributed by atoms with Gasteiger partial charge < -0.3 is 22.5 Å². The number of ether oxygens (including phenoxy) is 1. The summed E-state index contributed by atoms with van der Waals surface area (Å²) < 4.78 is 7.62. The quantitative estimate of drug-likeness (QED) is 0.310. The Balaban J connectivity index is 0.00000256. The molecule has 0 unspecified atom stereocenters. The Kier molecular flexibility index (Phi) is 8.07. The highest BCUT2D eigenvalue weighted by Crippen LogP contribution is 2.28. The maximum Gasteiger partial charge on any atom is 0.214 e. The van der Waals surface area contributed by atoms with Crippen molar-refractivity contribution in [2.45, 2.75) is 18.6 Å². The van der Waals surface area contributed by atoms with Gasteiger partial charge in [-0.3, -0.25) is 0 Å². The number of hydrogen-bond acceptors (Lipinski definition) is 6. The number of nitrogens with one attached hydrogen (secondary N) is 1. The lowest BCUT2D eigenvalue weighted by Crippen LogP contribution is -3.00. The summed E-state index contributed by atoms with van der Waals surface area (Å²) in [5.74, 6) is 1.81. The summed E-state index contributed by atoms with van der Waals surface area (Å²) in [7, 11) is 0. The summed E-state index contributed by atoms with van der Waals surface area (Å²) in [6.07, 6.45) is 0. The molecule has 30 heavy (non-hydrogen) atoms. The van der Waals surface area contributed by atoms with Crippen molar-refractivity contribution in [3.8, 4) is 11.4 Å². The van der Waals surface area contributed by atoms with Gasteiger partial charge in [-0.05, 0) is 46.3 Å². The first kappa shape index (κ1) is 22.1. The number of rotatable bonds is 9. The molecule has 6 nitrogen and oxygen atoms in total. The topological polar surface area (TPSA) is 64.9 Å². The van der Waals surface area contributed by atoms with Gasteiger partial charge in [-0.25, -0.2) is 0 Å². The number of para-hydroxylation sites is 1. The Morgan fingerprint density at radius 3 is 2.63 bits per heavy atom. The maximum absolute atomic E-state index is 5.85. The van der Waals surface area contributed by atoms with E-state index in [4.69, 9.17) is 4.74 Å². The van der Waals surface area contributed by atoms with Crippen molar-refractivity contribution in [2.75, 3.05) is 18.9 Å². The molecule has 4 aromatic rings. The van der Waals surface area contributed by atoms with Gasteiger partial charge in [0.25, 0.3) is 0 Å². The third kappa shape index (κ3) is 5.11. The first-order valence-corrected chi connectivity index (χ1v) is 10.7. The SMILES string of the molecule is CCOc1ccc2ccccc2c1CNCCSc1nnnn1-c1ccccc1.[Cl-]. The largest absolute Gasteiger partial charge is 1.00 e. The van der Waals surface area contributed by atoms with Gasteiger partial charge >= 0.3 is 0 Å². The second kappa shape index (κ2) is 11.0. The fourth-order valence-corrected chi connectivity index (χ4v) is 4.00. The summed E-state index contributed by atoms with van der Waals surface area (Å²) >= 11 is 1.63. The van der Waals surface area contributed by atoms with Crippen LogP contribution in [0.5, 0.6) is 5.75 Å². The summed E-state index contributed by atoms with van der Waals surface area (Å²) in [5, 5.41) is 18.8. The fourth-order valence-electron chi connectivity index (χ4n) is 3.22. The van der Waals surface area contributed by atoms with Gasteiger partial charge in [-0.1, -0.05) is 60.3 Å². The monoisotopic (exact) mass is 440 g/mol. The van der Waals surface area contributed by atoms with E-state index in [0.717, 1.165) is 35.4 Å². The predicted octanol–water partition coefficient (Wildman–Crippen LogP) is 1.10. The Labute approximate surface area is 186 Å². The molecule has 0 aliphatic rings. The second-order valence-electron chi connectivity index (χ2n) is 6.43. The molecule has 156 valence electrons. The van der Waals surface area contributed by atoms with E-state index in [0.29, 0.717) is 6.61 Å². The molecule has 0 aliphatic heterocycles. The molecular weight excluding hydrogens is 418 g/mol. The van der Waals surface area contributed by atoms with Crippen LogP contribution in [0.2, 0.25) is 0 Å². The molecule has 8 heteroatoms. The number of thioether (sulfide) groups is 1. The van der Waals surface area contributed by atoms with Crippen molar-refractivity contribution >= 4 is 22.5 Å². The molecule has 4 rings (SSSR count). The lowest BCUT2D eigenvalue weighted by atomic mass is 10.0. The van der Waals surface area contributed by atoms with E-state index in [2.05, 4.69) is 57.2 Å². The van der Waals surface area contributed by atoms with E-state index >= 15 is 0 Å². The van der Waals surface area contributed by atoms with Crippen molar-refractivity contribution in [3.05, 3.63) is 72.3 Å². The van der Waals surface area contributed by atoms with Gasteiger partial charge in [0.2, 0.25) is 5.16 Å². The van der Waals surface area contributed by atoms with Gasteiger partial charge in [-0.2, -0.15) is 4.68 Å². The first-order chi connectivity index (χ1) is 14.4. The van der Waals surface area contributed by atoms with E-state index in [1.54, 1.807) is 16.4 Å². The smallest absolute Gasteiger partial charge is 0.214 e. The summed E-state index contributed by atoms with van der Waals surface area (Å²) in [4.78, 5) is 0. The van der Waals surface area contributed by atoms with Crippen LogP contribution in [-0.4, -0.2) is 39.1 Å². The molecule has 0 amide bonds. The highest BCUT2D eigenvalue weighted by atomic mass is 35.5. The van der Waals surface area contributed by atoms with E-state index in [9.17, 15) is 0 Å². The lowest BCUT2D eigenvalue weighted by Gasteiger charge is -2.14. The minimum atomic E-state index is 0. The fraction of sp³-hybridized carbons (Fsp3) is 0.227. The Morgan fingerprint density at radius 1 is 1.00 bits per heavy atom. The Hall–Kier alpha value is -2.61. The number of aromatic nitrogens is 4. The molecule has 0 aliphatic carbocycles. The van der Waals surface area contributed by atoms with Gasteiger partial charge in [0.15, 0.2) is 0 Å².